The number of carbonyl (C=O) groups is 2. The van der Waals surface area contributed by atoms with E-state index < -0.39 is 11.7 Å². The molecule has 1 aliphatic carbocycles. The number of halogens is 1. The third-order valence-corrected chi connectivity index (χ3v) is 8.28. The molecule has 1 aliphatic heterocycles. The minimum Gasteiger partial charge on any atom is -0.493 e. The van der Waals surface area contributed by atoms with E-state index in [0.717, 1.165) is 24.0 Å². The fraction of sp³-hybridized carbons (Fsp3) is 0.441. The molecule has 1 saturated heterocycles. The van der Waals surface area contributed by atoms with E-state index in [1.165, 1.54) is 11.2 Å². The van der Waals surface area contributed by atoms with Gasteiger partial charge in [-0.3, -0.25) is 9.69 Å². The quantitative estimate of drug-likeness (QED) is 0.194. The van der Waals surface area contributed by atoms with Gasteiger partial charge in [-0.25, -0.2) is 14.8 Å². The summed E-state index contributed by atoms with van der Waals surface area (Å²) in [5, 5.41) is 0.486. The van der Waals surface area contributed by atoms with Gasteiger partial charge in [-0.15, -0.1) is 0 Å². The lowest BCUT2D eigenvalue weighted by Crippen LogP contribution is -2.53. The Morgan fingerprint density at radius 2 is 1.85 bits per heavy atom. The number of carbonyl (C=O) groups excluding carboxylic acids is 2. The summed E-state index contributed by atoms with van der Waals surface area (Å²) < 4.78 is 19.7. The minimum atomic E-state index is -0.603. The summed E-state index contributed by atoms with van der Waals surface area (Å²) >= 11 is 6.86. The Labute approximate surface area is 273 Å². The van der Waals surface area contributed by atoms with E-state index in [1.54, 1.807) is 11.0 Å². The maximum Gasteiger partial charge on any atom is 0.410 e. The SMILES string of the molecule is CC(C)(C)OC(=O)N1CCN(CCCOc2ccc(-c3nc4c(OC5(C)CC5)ncnc4n3Cc3ccccc3)c(Cl)c2)C(=O)C1. The summed E-state index contributed by atoms with van der Waals surface area (Å²) in [5.41, 5.74) is 2.28. The second-order valence-corrected chi connectivity index (χ2v) is 13.4. The van der Waals surface area contributed by atoms with E-state index in [4.69, 9.17) is 30.8 Å². The standard InChI is InChI=1S/C34H39ClN6O5/c1-33(2,3)46-32(43)40-17-16-39(27(42)21-40)15-8-18-44-24-11-12-25(26(35)19-24)29-38-28-30(41(29)20-23-9-6-5-7-10-23)36-22-37-31(28)45-34(4)13-14-34/h5-7,9-12,19,22H,8,13-18,20-21H2,1-4H3. The molecule has 12 heteroatoms. The number of amides is 2. The third kappa shape index (κ3) is 7.36. The summed E-state index contributed by atoms with van der Waals surface area (Å²) in [6.45, 7) is 9.87. The summed E-state index contributed by atoms with van der Waals surface area (Å²) in [7, 11) is 0. The minimum absolute atomic E-state index is 0.0143. The van der Waals surface area contributed by atoms with Crippen LogP contribution in [0.5, 0.6) is 11.6 Å². The Balaban J connectivity index is 1.12. The molecule has 2 aliphatic rings. The number of ether oxygens (including phenoxy) is 3. The first-order chi connectivity index (χ1) is 22.0. The first-order valence-electron chi connectivity index (χ1n) is 15.6. The summed E-state index contributed by atoms with van der Waals surface area (Å²) in [6, 6.07) is 15.7. The highest BCUT2D eigenvalue weighted by atomic mass is 35.5. The van der Waals surface area contributed by atoms with Crippen LogP contribution in [0.25, 0.3) is 22.6 Å². The van der Waals surface area contributed by atoms with Gasteiger partial charge < -0.3 is 23.7 Å². The van der Waals surface area contributed by atoms with E-state index in [0.29, 0.717) is 72.8 Å². The molecular weight excluding hydrogens is 608 g/mol. The maximum absolute atomic E-state index is 12.6. The number of fused-ring (bicyclic) bond motifs is 1. The number of rotatable bonds is 10. The van der Waals surface area contributed by atoms with E-state index >= 15 is 0 Å². The molecule has 2 amide bonds. The second kappa shape index (κ2) is 12.8. The normalized spacial score (nSPS) is 16.1. The lowest BCUT2D eigenvalue weighted by Gasteiger charge is -2.35. The fourth-order valence-corrected chi connectivity index (χ4v) is 5.52. The van der Waals surface area contributed by atoms with Crippen LogP contribution in [-0.2, 0) is 16.1 Å². The lowest BCUT2D eigenvalue weighted by molar-refractivity contribution is -0.136. The highest BCUT2D eigenvalue weighted by Gasteiger charge is 2.41. The smallest absolute Gasteiger partial charge is 0.410 e. The first kappa shape index (κ1) is 31.6. The van der Waals surface area contributed by atoms with Gasteiger partial charge in [0.2, 0.25) is 11.8 Å². The van der Waals surface area contributed by atoms with Crippen molar-refractivity contribution in [2.24, 2.45) is 0 Å². The van der Waals surface area contributed by atoms with Gasteiger partial charge in [-0.2, -0.15) is 4.98 Å². The summed E-state index contributed by atoms with van der Waals surface area (Å²) in [6.07, 6.45) is 3.64. The average molecular weight is 647 g/mol. The lowest BCUT2D eigenvalue weighted by atomic mass is 10.2. The van der Waals surface area contributed by atoms with E-state index in [2.05, 4.69) is 29.0 Å². The molecule has 1 saturated carbocycles. The van der Waals surface area contributed by atoms with Crippen LogP contribution in [0.1, 0.15) is 52.5 Å². The molecule has 3 heterocycles. The van der Waals surface area contributed by atoms with Gasteiger partial charge in [0, 0.05) is 25.2 Å². The Morgan fingerprint density at radius 3 is 2.54 bits per heavy atom. The molecule has 6 rings (SSSR count). The van der Waals surface area contributed by atoms with Crippen LogP contribution in [0.15, 0.2) is 54.9 Å². The largest absolute Gasteiger partial charge is 0.493 e. The van der Waals surface area contributed by atoms with Crippen molar-refractivity contribution in [3.63, 3.8) is 0 Å². The second-order valence-electron chi connectivity index (χ2n) is 13.0. The van der Waals surface area contributed by atoms with E-state index in [1.807, 2.05) is 55.7 Å². The zero-order valence-corrected chi connectivity index (χ0v) is 27.4. The predicted octanol–water partition coefficient (Wildman–Crippen LogP) is 5.97. The zero-order valence-electron chi connectivity index (χ0n) is 26.7. The first-order valence-corrected chi connectivity index (χ1v) is 16.0. The highest BCUT2D eigenvalue weighted by Crippen LogP contribution is 2.41. The van der Waals surface area contributed by atoms with Gasteiger partial charge in [-0.1, -0.05) is 41.9 Å². The molecule has 2 fully saturated rings. The van der Waals surface area contributed by atoms with Gasteiger partial charge in [0.1, 0.15) is 35.6 Å². The molecule has 242 valence electrons. The number of benzene rings is 2. The number of imidazole rings is 1. The topological polar surface area (TPSA) is 112 Å². The molecule has 0 bridgehead atoms. The van der Waals surface area contributed by atoms with Crippen molar-refractivity contribution < 1.29 is 23.8 Å². The number of hydrogen-bond acceptors (Lipinski definition) is 8. The zero-order chi connectivity index (χ0) is 32.5. The molecule has 0 unspecified atom stereocenters. The van der Waals surface area contributed by atoms with Crippen LogP contribution < -0.4 is 9.47 Å². The molecule has 0 N–H and O–H groups in total. The van der Waals surface area contributed by atoms with Gasteiger partial charge in [0.25, 0.3) is 0 Å². The van der Waals surface area contributed by atoms with Crippen LogP contribution in [0.4, 0.5) is 4.79 Å². The number of nitrogens with zero attached hydrogens (tertiary/aromatic N) is 6. The summed E-state index contributed by atoms with van der Waals surface area (Å²) in [5.74, 6) is 1.64. The highest BCUT2D eigenvalue weighted by molar-refractivity contribution is 6.33. The van der Waals surface area contributed by atoms with Crippen molar-refractivity contribution in [3.05, 3.63) is 65.4 Å². The Kier molecular flexibility index (Phi) is 8.78. The van der Waals surface area contributed by atoms with Crippen LogP contribution in [0.3, 0.4) is 0 Å². The van der Waals surface area contributed by atoms with Crippen molar-refractivity contribution in [1.82, 2.24) is 29.3 Å². The Morgan fingerprint density at radius 1 is 1.07 bits per heavy atom. The monoisotopic (exact) mass is 646 g/mol. The third-order valence-electron chi connectivity index (χ3n) is 7.97. The molecule has 4 aromatic rings. The molecule has 11 nitrogen and oxygen atoms in total. The number of aromatic nitrogens is 4. The fourth-order valence-electron chi connectivity index (χ4n) is 5.26. The molecule has 0 spiro atoms. The van der Waals surface area contributed by atoms with Crippen LogP contribution >= 0.6 is 11.6 Å². The molecular formula is C34H39ClN6O5. The van der Waals surface area contributed by atoms with Gasteiger partial charge in [0.05, 0.1) is 18.2 Å². The van der Waals surface area contributed by atoms with Gasteiger partial charge in [-0.05, 0) is 70.7 Å². The average Bonchev–Trinajstić information content (AvgIpc) is 3.63. The molecule has 2 aromatic carbocycles. The van der Waals surface area contributed by atoms with Crippen molar-refractivity contribution in [3.8, 4) is 23.0 Å². The van der Waals surface area contributed by atoms with E-state index in [9.17, 15) is 9.59 Å². The van der Waals surface area contributed by atoms with Gasteiger partial charge in [0.15, 0.2) is 11.2 Å². The van der Waals surface area contributed by atoms with Crippen LogP contribution in [0.2, 0.25) is 5.02 Å². The Hall–Kier alpha value is -4.38. The number of hydrogen-bond donors (Lipinski definition) is 0. The van der Waals surface area contributed by atoms with Crippen molar-refractivity contribution >= 4 is 34.8 Å². The molecule has 2 aromatic heterocycles. The predicted molar refractivity (Wildman–Crippen MR) is 174 cm³/mol. The van der Waals surface area contributed by atoms with Crippen LogP contribution in [-0.4, -0.2) is 85.3 Å². The van der Waals surface area contributed by atoms with Crippen molar-refractivity contribution in [2.45, 2.75) is 64.7 Å². The molecule has 0 atom stereocenters. The molecule has 46 heavy (non-hydrogen) atoms. The van der Waals surface area contributed by atoms with Crippen molar-refractivity contribution in [2.75, 3.05) is 32.8 Å². The van der Waals surface area contributed by atoms with E-state index in [-0.39, 0.29) is 18.1 Å². The maximum atomic E-state index is 12.6. The molecule has 0 radical (unpaired) electrons. The summed E-state index contributed by atoms with van der Waals surface area (Å²) in [4.78, 5) is 42.2. The Bertz CT molecular complexity index is 1730. The van der Waals surface area contributed by atoms with Crippen molar-refractivity contribution in [1.29, 1.82) is 0 Å². The van der Waals surface area contributed by atoms with Gasteiger partial charge >= 0.3 is 6.09 Å². The number of piperazine rings is 1. The van der Waals surface area contributed by atoms with Crippen LogP contribution in [0, 0.1) is 0 Å².